The van der Waals surface area contributed by atoms with Crippen LogP contribution in [0, 0.1) is 6.92 Å². The van der Waals surface area contributed by atoms with Gasteiger partial charge in [-0.05, 0) is 49.7 Å². The molecule has 2 aromatic rings. The summed E-state index contributed by atoms with van der Waals surface area (Å²) < 4.78 is 3.04. The molecule has 0 aliphatic carbocycles. The van der Waals surface area contributed by atoms with Crippen LogP contribution < -0.4 is 5.32 Å². The molecule has 0 aromatic carbocycles. The smallest absolute Gasteiger partial charge is 0.0979 e. The highest BCUT2D eigenvalue weighted by Crippen LogP contribution is 2.34. The maximum absolute atomic E-state index is 4.62. The van der Waals surface area contributed by atoms with Crippen molar-refractivity contribution in [3.63, 3.8) is 0 Å². The van der Waals surface area contributed by atoms with Crippen molar-refractivity contribution in [3.05, 3.63) is 26.5 Å². The summed E-state index contributed by atoms with van der Waals surface area (Å²) in [5, 5.41) is 8.14. The molecule has 2 rings (SSSR count). The lowest BCUT2D eigenvalue weighted by Crippen LogP contribution is -2.35. The molecular weight excluding hydrogens is 322 g/mol. The predicted octanol–water partition coefficient (Wildman–Crippen LogP) is 4.11. The lowest BCUT2D eigenvalue weighted by Gasteiger charge is -2.20. The second kappa shape index (κ2) is 5.38. The summed E-state index contributed by atoms with van der Waals surface area (Å²) in [6.45, 7) is 9.50. The molecule has 0 bridgehead atoms. The summed E-state index contributed by atoms with van der Waals surface area (Å²) in [5.74, 6) is 0. The van der Waals surface area contributed by atoms with Gasteiger partial charge < -0.3 is 5.32 Å². The van der Waals surface area contributed by atoms with Crippen molar-refractivity contribution in [2.24, 2.45) is 7.05 Å². The maximum Gasteiger partial charge on any atom is 0.0979 e. The molecule has 0 saturated carbocycles. The minimum absolute atomic E-state index is 0.109. The van der Waals surface area contributed by atoms with Gasteiger partial charge >= 0.3 is 0 Å². The van der Waals surface area contributed by atoms with Gasteiger partial charge in [0.05, 0.1) is 9.48 Å². The summed E-state index contributed by atoms with van der Waals surface area (Å²) >= 11 is 5.30. The third-order valence-corrected chi connectivity index (χ3v) is 4.41. The highest BCUT2D eigenvalue weighted by Gasteiger charge is 2.16. The van der Waals surface area contributed by atoms with Gasteiger partial charge in [-0.2, -0.15) is 5.10 Å². The number of thiophene rings is 1. The number of nitrogens with zero attached hydrogens (tertiary/aromatic N) is 2. The zero-order chi connectivity index (χ0) is 14.2. The van der Waals surface area contributed by atoms with Crippen LogP contribution in [-0.4, -0.2) is 15.3 Å². The maximum atomic E-state index is 4.62. The van der Waals surface area contributed by atoms with Crippen molar-refractivity contribution in [3.8, 4) is 11.3 Å². The van der Waals surface area contributed by atoms with E-state index >= 15 is 0 Å². The molecule has 0 unspecified atom stereocenters. The fourth-order valence-corrected chi connectivity index (χ4v) is 3.63. The highest BCUT2D eigenvalue weighted by atomic mass is 79.9. The number of nitrogens with one attached hydrogen (secondary N) is 1. The lowest BCUT2D eigenvalue weighted by atomic mass is 10.1. The monoisotopic (exact) mass is 341 g/mol. The van der Waals surface area contributed by atoms with Crippen molar-refractivity contribution in [2.75, 3.05) is 0 Å². The molecule has 0 aliphatic heterocycles. The minimum atomic E-state index is 0.109. The van der Waals surface area contributed by atoms with Gasteiger partial charge in [-0.1, -0.05) is 0 Å². The van der Waals surface area contributed by atoms with Gasteiger partial charge in [0.15, 0.2) is 0 Å². The van der Waals surface area contributed by atoms with Gasteiger partial charge in [0.25, 0.3) is 0 Å². The molecule has 0 radical (unpaired) electrons. The second-order valence-corrected chi connectivity index (χ2v) is 8.44. The lowest BCUT2D eigenvalue weighted by molar-refractivity contribution is 0.424. The molecule has 3 nitrogen and oxygen atoms in total. The van der Waals surface area contributed by atoms with E-state index in [1.54, 1.807) is 11.3 Å². The largest absolute Gasteiger partial charge is 0.308 e. The van der Waals surface area contributed by atoms with Crippen LogP contribution in [0.1, 0.15) is 31.2 Å². The van der Waals surface area contributed by atoms with E-state index in [9.17, 15) is 0 Å². The van der Waals surface area contributed by atoms with Crippen LogP contribution in [0.2, 0.25) is 0 Å². The average molecular weight is 342 g/mol. The fraction of sp³-hybridized carbons (Fsp3) is 0.500. The Bertz CT molecular complexity index is 578. The predicted molar refractivity (Wildman–Crippen MR) is 85.6 cm³/mol. The standard InChI is InChI=1S/C14H20BrN3S/c1-9-11(6-12(15)19-9)13-10(8-18(5)17-13)7-16-14(2,3)4/h6,8,16H,7H2,1-5H3. The van der Waals surface area contributed by atoms with Crippen LogP contribution in [0.4, 0.5) is 0 Å². The Morgan fingerprint density at radius 1 is 1.42 bits per heavy atom. The van der Waals surface area contributed by atoms with E-state index in [2.05, 4.69) is 66.3 Å². The number of halogens is 1. The molecule has 0 amide bonds. The zero-order valence-corrected chi connectivity index (χ0v) is 14.4. The van der Waals surface area contributed by atoms with Gasteiger partial charge in [0.1, 0.15) is 0 Å². The van der Waals surface area contributed by atoms with Crippen molar-refractivity contribution >= 4 is 27.3 Å². The summed E-state index contributed by atoms with van der Waals surface area (Å²) in [6, 6.07) is 2.16. The Kier molecular flexibility index (Phi) is 4.18. The van der Waals surface area contributed by atoms with E-state index in [4.69, 9.17) is 0 Å². The first-order chi connectivity index (χ1) is 8.76. The Morgan fingerprint density at radius 3 is 2.63 bits per heavy atom. The normalized spacial score (nSPS) is 12.1. The van der Waals surface area contributed by atoms with Gasteiger partial charge in [-0.3, -0.25) is 4.68 Å². The van der Waals surface area contributed by atoms with Crippen LogP contribution in [0.15, 0.2) is 16.0 Å². The molecular formula is C14H20BrN3S. The molecule has 0 saturated heterocycles. The minimum Gasteiger partial charge on any atom is -0.308 e. The van der Waals surface area contributed by atoms with Crippen LogP contribution in [0.25, 0.3) is 11.3 Å². The van der Waals surface area contributed by atoms with E-state index in [0.717, 1.165) is 16.0 Å². The Labute approximate surface area is 127 Å². The van der Waals surface area contributed by atoms with E-state index in [1.807, 2.05) is 11.7 Å². The Morgan fingerprint density at radius 2 is 2.11 bits per heavy atom. The number of rotatable bonds is 3. The van der Waals surface area contributed by atoms with Crippen LogP contribution in [-0.2, 0) is 13.6 Å². The molecule has 0 fully saturated rings. The van der Waals surface area contributed by atoms with Crippen LogP contribution in [0.5, 0.6) is 0 Å². The number of aryl methyl sites for hydroxylation is 2. The van der Waals surface area contributed by atoms with E-state index < -0.39 is 0 Å². The molecule has 5 heteroatoms. The van der Waals surface area contributed by atoms with Gasteiger partial charge in [-0.25, -0.2) is 0 Å². The molecule has 2 aromatic heterocycles. The molecule has 19 heavy (non-hydrogen) atoms. The van der Waals surface area contributed by atoms with Gasteiger partial charge in [0, 0.05) is 41.3 Å². The number of hydrogen-bond acceptors (Lipinski definition) is 3. The van der Waals surface area contributed by atoms with Crippen LogP contribution in [0.3, 0.4) is 0 Å². The van der Waals surface area contributed by atoms with E-state index in [1.165, 1.54) is 16.0 Å². The van der Waals surface area contributed by atoms with Crippen molar-refractivity contribution < 1.29 is 0 Å². The third kappa shape index (κ3) is 3.68. The molecule has 104 valence electrons. The fourth-order valence-electron chi connectivity index (χ4n) is 1.94. The van der Waals surface area contributed by atoms with Crippen molar-refractivity contribution in [1.82, 2.24) is 15.1 Å². The molecule has 2 heterocycles. The Hall–Kier alpha value is -0.650. The third-order valence-electron chi connectivity index (χ3n) is 2.86. The second-order valence-electron chi connectivity index (χ2n) is 5.80. The topological polar surface area (TPSA) is 29.9 Å². The summed E-state index contributed by atoms with van der Waals surface area (Å²) in [4.78, 5) is 1.29. The zero-order valence-electron chi connectivity index (χ0n) is 12.0. The van der Waals surface area contributed by atoms with Crippen LogP contribution >= 0.6 is 27.3 Å². The molecule has 1 N–H and O–H groups in total. The Balaban J connectivity index is 2.33. The summed E-state index contributed by atoms with van der Waals surface area (Å²) in [7, 11) is 1.97. The first-order valence-corrected chi connectivity index (χ1v) is 7.91. The summed E-state index contributed by atoms with van der Waals surface area (Å²) in [6.07, 6.45) is 2.10. The quantitative estimate of drug-likeness (QED) is 0.910. The van der Waals surface area contributed by atoms with E-state index in [0.29, 0.717) is 0 Å². The SMILES string of the molecule is Cc1sc(Br)cc1-c1nn(C)cc1CNC(C)(C)C. The highest BCUT2D eigenvalue weighted by molar-refractivity contribution is 9.11. The molecule has 0 aliphatic rings. The number of hydrogen-bond donors (Lipinski definition) is 1. The van der Waals surface area contributed by atoms with Crippen molar-refractivity contribution in [2.45, 2.75) is 39.8 Å². The average Bonchev–Trinajstić information content (AvgIpc) is 2.77. The van der Waals surface area contributed by atoms with E-state index in [-0.39, 0.29) is 5.54 Å². The summed E-state index contributed by atoms with van der Waals surface area (Å²) in [5.41, 5.74) is 3.66. The van der Waals surface area contributed by atoms with Gasteiger partial charge in [0.2, 0.25) is 0 Å². The first kappa shape index (κ1) is 14.8. The number of aromatic nitrogens is 2. The molecule has 0 spiro atoms. The van der Waals surface area contributed by atoms with Crippen molar-refractivity contribution in [1.29, 1.82) is 0 Å². The van der Waals surface area contributed by atoms with Gasteiger partial charge in [-0.15, -0.1) is 11.3 Å². The first-order valence-electron chi connectivity index (χ1n) is 6.30. The molecule has 0 atom stereocenters.